The molecule has 9 rings (SSSR count). The molecule has 5 saturated carbocycles. The van der Waals surface area contributed by atoms with Crippen molar-refractivity contribution in [2.45, 2.75) is 171 Å². The highest BCUT2D eigenvalue weighted by atomic mass is 16.5. The largest absolute Gasteiger partial charge is 0.462 e. The van der Waals surface area contributed by atoms with Crippen LogP contribution in [0.2, 0.25) is 0 Å². The fourth-order valence-electron chi connectivity index (χ4n) is 15.5. The molecule has 10 nitrogen and oxygen atoms in total. The first-order valence-corrected chi connectivity index (χ1v) is 25.3. The van der Waals surface area contributed by atoms with Gasteiger partial charge in [0, 0.05) is 17.4 Å². The quantitative estimate of drug-likeness (QED) is 0.197. The second-order valence-electron chi connectivity index (χ2n) is 24.7. The van der Waals surface area contributed by atoms with Gasteiger partial charge in [0.1, 0.15) is 18.1 Å². The number of carbonyl (C=O) groups is 4. The van der Waals surface area contributed by atoms with Crippen molar-refractivity contribution in [2.75, 3.05) is 0 Å². The van der Waals surface area contributed by atoms with Crippen molar-refractivity contribution in [2.24, 2.45) is 62.6 Å². The lowest BCUT2D eigenvalue weighted by atomic mass is 9.33. The first-order chi connectivity index (χ1) is 31.4. The van der Waals surface area contributed by atoms with Crippen LogP contribution in [0.1, 0.15) is 157 Å². The number of esters is 2. The average Bonchev–Trinajstić information content (AvgIpc) is 3.88. The Kier molecular flexibility index (Phi) is 11.5. The van der Waals surface area contributed by atoms with Gasteiger partial charge in [-0.3, -0.25) is 19.2 Å². The molecule has 6 aliphatic rings. The number of fused-ring (bicyclic) bond motifs is 7. The molecular weight excluding hydrogens is 839 g/mol. The van der Waals surface area contributed by atoms with Crippen LogP contribution in [0.4, 0.5) is 0 Å². The summed E-state index contributed by atoms with van der Waals surface area (Å²) in [7, 11) is 0. The molecule has 2 aromatic carbocycles. The molecule has 6 aliphatic carbocycles. The monoisotopic (exact) mass is 914 g/mol. The minimum Gasteiger partial charge on any atom is -0.462 e. The van der Waals surface area contributed by atoms with E-state index in [-0.39, 0.29) is 94.0 Å². The van der Waals surface area contributed by atoms with Crippen LogP contribution in [0.5, 0.6) is 0 Å². The Morgan fingerprint density at radius 1 is 0.791 bits per heavy atom. The summed E-state index contributed by atoms with van der Waals surface area (Å²) in [4.78, 5) is 56.4. The molecule has 0 saturated heterocycles. The van der Waals surface area contributed by atoms with Gasteiger partial charge in [-0.2, -0.15) is 0 Å². The summed E-state index contributed by atoms with van der Waals surface area (Å²) in [6, 6.07) is 17.6. The number of aryl methyl sites for hydroxylation is 1. The third-order valence-electron chi connectivity index (χ3n) is 19.9. The number of ether oxygens (including phenoxy) is 2. The number of aromatic nitrogens is 2. The Labute approximate surface area is 398 Å². The molecule has 0 spiro atoms. The zero-order valence-electron chi connectivity index (χ0n) is 42.3. The minimum atomic E-state index is -1.13. The lowest BCUT2D eigenvalue weighted by Crippen LogP contribution is -2.67. The van der Waals surface area contributed by atoms with Gasteiger partial charge in [0.15, 0.2) is 5.78 Å². The highest BCUT2D eigenvalue weighted by molar-refractivity contribution is 6.02. The second kappa shape index (κ2) is 16.3. The summed E-state index contributed by atoms with van der Waals surface area (Å²) in [6.45, 7) is 26.5. The number of nitrogens with zero attached hydrogens (tertiary/aromatic N) is 2. The topological polar surface area (TPSA) is 138 Å². The SMILES string of the molecule is Cc1ccc(-c2nnc(C(C)(C)C(=O)N[C@@]34CC[C@]5(C)[C@H](CC[C@@H]6[C@@]7(C)CC[C@H](OC(=O)[C@H]8C[C@@H](C(=O)OCc9ccccc9)C8(C)C)C(C)(C)[C@@H]7CC[C@]65C)C3=C(C(C)C)C(=O)C4)o2)cc1. The molecule has 5 fully saturated rings. The number of hydrogen-bond acceptors (Lipinski definition) is 9. The van der Waals surface area contributed by atoms with Gasteiger partial charge in [-0.15, -0.1) is 10.2 Å². The maximum atomic E-state index is 14.7. The van der Waals surface area contributed by atoms with Gasteiger partial charge in [0.05, 0.1) is 17.4 Å². The standard InChI is InChI=1S/C57H75N3O7/c1-33(2)44-40(61)31-57(58-49(64)53(8,9)50-60-59-46(67-50)36-20-18-34(3)19-21-36)29-28-55(11)37(45(44)57)22-23-42-54(10)26-25-43(52(6,7)41(54)24-27-56(42,55)12)66-48(63)39-30-38(51(39,4)5)47(62)65-32-35-16-14-13-15-17-35/h13-21,33,37-39,41-43H,22-32H2,1-12H3,(H,58,64)/t37-,38+,39-,41+,42-,43+,54+,55-,56-,57-/m1/s1. The zero-order chi connectivity index (χ0) is 48.3. The molecule has 0 unspecified atom stereocenters. The van der Waals surface area contributed by atoms with Crippen LogP contribution in [0, 0.1) is 69.5 Å². The van der Waals surface area contributed by atoms with Gasteiger partial charge in [0.25, 0.3) is 0 Å². The molecule has 67 heavy (non-hydrogen) atoms. The highest BCUT2D eigenvalue weighted by Crippen LogP contribution is 2.76. The third kappa shape index (κ3) is 7.29. The smallest absolute Gasteiger partial charge is 0.309 e. The van der Waals surface area contributed by atoms with Gasteiger partial charge < -0.3 is 19.2 Å². The predicted molar refractivity (Wildman–Crippen MR) is 257 cm³/mol. The molecule has 1 heterocycles. The molecule has 10 atom stereocenters. The van der Waals surface area contributed by atoms with Gasteiger partial charge in [-0.25, -0.2) is 0 Å². The lowest BCUT2D eigenvalue weighted by molar-refractivity contribution is -0.235. The van der Waals surface area contributed by atoms with Crippen molar-refractivity contribution in [1.29, 1.82) is 0 Å². The lowest BCUT2D eigenvalue weighted by Gasteiger charge is -2.72. The van der Waals surface area contributed by atoms with Crippen molar-refractivity contribution < 1.29 is 33.1 Å². The van der Waals surface area contributed by atoms with E-state index in [1.54, 1.807) is 0 Å². The fourth-order valence-corrected chi connectivity index (χ4v) is 15.5. The Bertz CT molecular complexity index is 2480. The van der Waals surface area contributed by atoms with E-state index in [1.807, 2.05) is 89.2 Å². The van der Waals surface area contributed by atoms with E-state index in [9.17, 15) is 19.2 Å². The molecule has 0 aliphatic heterocycles. The van der Waals surface area contributed by atoms with Gasteiger partial charge in [-0.1, -0.05) is 110 Å². The van der Waals surface area contributed by atoms with Crippen molar-refractivity contribution in [3.8, 4) is 11.5 Å². The average molecular weight is 914 g/mol. The Morgan fingerprint density at radius 2 is 1.48 bits per heavy atom. The van der Waals surface area contributed by atoms with Crippen LogP contribution in [-0.2, 0) is 40.7 Å². The van der Waals surface area contributed by atoms with Crippen LogP contribution in [-0.4, -0.2) is 45.5 Å². The van der Waals surface area contributed by atoms with Crippen LogP contribution >= 0.6 is 0 Å². The normalized spacial score (nSPS) is 35.1. The number of carbonyl (C=O) groups excluding carboxylic acids is 4. The minimum absolute atomic E-state index is 0.00680. The fraction of sp³-hybridized carbons (Fsp3) is 0.649. The number of Topliss-reactive ketones (excluding diaryl/α,β-unsaturated/α-hetero) is 1. The van der Waals surface area contributed by atoms with E-state index < -0.39 is 16.4 Å². The summed E-state index contributed by atoms with van der Waals surface area (Å²) in [5.74, 6) is 0.444. The molecule has 1 aromatic heterocycles. The van der Waals surface area contributed by atoms with Crippen molar-refractivity contribution >= 4 is 23.6 Å². The van der Waals surface area contributed by atoms with E-state index in [0.717, 1.165) is 67.2 Å². The van der Waals surface area contributed by atoms with Crippen molar-refractivity contribution in [3.05, 3.63) is 82.8 Å². The number of allylic oxidation sites excluding steroid dienone is 1. The van der Waals surface area contributed by atoms with Crippen LogP contribution < -0.4 is 5.32 Å². The Hall–Kier alpha value is -4.60. The number of ketones is 1. The number of hydrogen-bond donors (Lipinski definition) is 1. The summed E-state index contributed by atoms with van der Waals surface area (Å²) < 4.78 is 18.5. The number of amides is 1. The maximum absolute atomic E-state index is 14.7. The first kappa shape index (κ1) is 47.5. The molecule has 1 N–H and O–H groups in total. The second-order valence-corrected chi connectivity index (χ2v) is 24.7. The molecular formula is C57H75N3O7. The zero-order valence-corrected chi connectivity index (χ0v) is 42.3. The first-order valence-electron chi connectivity index (χ1n) is 25.3. The van der Waals surface area contributed by atoms with E-state index in [1.165, 1.54) is 5.57 Å². The van der Waals surface area contributed by atoms with Gasteiger partial charge in [-0.05, 0) is 153 Å². The van der Waals surface area contributed by atoms with Crippen LogP contribution in [0.15, 0.2) is 70.2 Å². The molecule has 1 amide bonds. The third-order valence-corrected chi connectivity index (χ3v) is 19.9. The Morgan fingerprint density at radius 3 is 2.15 bits per heavy atom. The molecule has 10 heteroatoms. The number of rotatable bonds is 10. The van der Waals surface area contributed by atoms with Crippen LogP contribution in [0.25, 0.3) is 11.5 Å². The van der Waals surface area contributed by atoms with Gasteiger partial charge in [0.2, 0.25) is 17.7 Å². The predicted octanol–water partition coefficient (Wildman–Crippen LogP) is 11.5. The number of nitrogens with one attached hydrogen (secondary N) is 1. The van der Waals surface area contributed by atoms with E-state index in [0.29, 0.717) is 30.6 Å². The number of benzene rings is 2. The van der Waals surface area contributed by atoms with E-state index in [4.69, 9.17) is 13.9 Å². The summed E-state index contributed by atoms with van der Waals surface area (Å²) in [5.41, 5.74) is 2.22. The van der Waals surface area contributed by atoms with E-state index in [2.05, 4.69) is 64.0 Å². The molecule has 3 aromatic rings. The molecule has 360 valence electrons. The molecule has 0 radical (unpaired) electrons. The summed E-state index contributed by atoms with van der Waals surface area (Å²) in [5, 5.41) is 12.3. The van der Waals surface area contributed by atoms with Crippen molar-refractivity contribution in [1.82, 2.24) is 15.5 Å². The summed E-state index contributed by atoms with van der Waals surface area (Å²) >= 11 is 0. The molecule has 0 bridgehead atoms. The van der Waals surface area contributed by atoms with Gasteiger partial charge >= 0.3 is 11.9 Å². The van der Waals surface area contributed by atoms with Crippen LogP contribution in [0.3, 0.4) is 0 Å². The maximum Gasteiger partial charge on any atom is 0.309 e. The Balaban J connectivity index is 0.915. The summed E-state index contributed by atoms with van der Waals surface area (Å²) in [6.07, 6.45) is 8.04. The van der Waals surface area contributed by atoms with Crippen molar-refractivity contribution in [3.63, 3.8) is 0 Å². The highest BCUT2D eigenvalue weighted by Gasteiger charge is 2.71. The van der Waals surface area contributed by atoms with E-state index >= 15 is 0 Å².